The maximum atomic E-state index is 13.5. The second kappa shape index (κ2) is 6.81. The summed E-state index contributed by atoms with van der Waals surface area (Å²) < 4.78 is 39.5. The molecule has 0 spiro atoms. The molecule has 2 rings (SSSR count). The lowest BCUT2D eigenvalue weighted by molar-refractivity contribution is 0.0911. The first-order valence-electron chi connectivity index (χ1n) is 6.24. The van der Waals surface area contributed by atoms with Crippen LogP contribution in [0.4, 0.5) is 13.2 Å². The molecule has 2 N–H and O–H groups in total. The minimum atomic E-state index is -1.38. The molecule has 2 aromatic carbocycles. The fraction of sp³-hybridized carbons (Fsp3) is 0.133. The Balaban J connectivity index is 2.23. The number of carbonyl (C=O) groups excluding carboxylic acids is 1. The molecule has 2 aromatic rings. The lowest BCUT2D eigenvalue weighted by Gasteiger charge is -2.17. The van der Waals surface area contributed by atoms with Gasteiger partial charge in [0.2, 0.25) is 0 Å². The summed E-state index contributed by atoms with van der Waals surface area (Å²) in [5.41, 5.74) is -0.116. The third kappa shape index (κ3) is 3.58. The number of hydrogen-bond donors (Lipinski definition) is 2. The molecule has 0 aromatic heterocycles. The molecule has 0 aliphatic carbocycles. The number of aliphatic hydroxyl groups is 1. The van der Waals surface area contributed by atoms with Gasteiger partial charge < -0.3 is 10.4 Å². The van der Waals surface area contributed by atoms with Crippen molar-refractivity contribution in [3.8, 4) is 0 Å². The zero-order valence-corrected chi connectivity index (χ0v) is 11.9. The van der Waals surface area contributed by atoms with E-state index >= 15 is 0 Å². The molecule has 1 amide bonds. The van der Waals surface area contributed by atoms with E-state index < -0.39 is 41.6 Å². The van der Waals surface area contributed by atoms with Crippen LogP contribution in [0.5, 0.6) is 0 Å². The Kier molecular flexibility index (Phi) is 5.05. The fourth-order valence-corrected chi connectivity index (χ4v) is 1.99. The molecule has 0 aliphatic heterocycles. The van der Waals surface area contributed by atoms with Crippen LogP contribution in [0.3, 0.4) is 0 Å². The number of nitrogens with one attached hydrogen (secondary N) is 1. The van der Waals surface area contributed by atoms with E-state index in [1.807, 2.05) is 0 Å². The summed E-state index contributed by atoms with van der Waals surface area (Å²) in [6.45, 7) is -0.460. The van der Waals surface area contributed by atoms with E-state index in [0.717, 1.165) is 0 Å². The number of rotatable bonds is 4. The molecule has 3 nitrogen and oxygen atoms in total. The smallest absolute Gasteiger partial charge is 0.254 e. The van der Waals surface area contributed by atoms with Crippen LogP contribution in [-0.2, 0) is 0 Å². The first-order chi connectivity index (χ1) is 10.4. The van der Waals surface area contributed by atoms with E-state index in [1.54, 1.807) is 24.3 Å². The molecule has 0 saturated carbocycles. The van der Waals surface area contributed by atoms with Crippen LogP contribution in [0, 0.1) is 17.5 Å². The van der Waals surface area contributed by atoms with Gasteiger partial charge in [-0.1, -0.05) is 23.7 Å². The van der Waals surface area contributed by atoms with Crippen molar-refractivity contribution in [1.82, 2.24) is 5.32 Å². The monoisotopic (exact) mass is 329 g/mol. The van der Waals surface area contributed by atoms with Gasteiger partial charge in [-0.05, 0) is 23.8 Å². The lowest BCUT2D eigenvalue weighted by atomic mass is 10.1. The van der Waals surface area contributed by atoms with Crippen LogP contribution in [0.25, 0.3) is 0 Å². The van der Waals surface area contributed by atoms with Crippen molar-refractivity contribution in [2.24, 2.45) is 0 Å². The average Bonchev–Trinajstić information content (AvgIpc) is 2.49. The predicted molar refractivity (Wildman–Crippen MR) is 75.1 cm³/mol. The van der Waals surface area contributed by atoms with Gasteiger partial charge in [0, 0.05) is 11.1 Å². The summed E-state index contributed by atoms with van der Waals surface area (Å²) in [7, 11) is 0. The van der Waals surface area contributed by atoms with Crippen molar-refractivity contribution in [2.75, 3.05) is 6.61 Å². The van der Waals surface area contributed by atoms with E-state index in [-0.39, 0.29) is 0 Å². The number of benzene rings is 2. The fourth-order valence-electron chi connectivity index (χ4n) is 1.86. The van der Waals surface area contributed by atoms with Crippen LogP contribution >= 0.6 is 11.6 Å². The van der Waals surface area contributed by atoms with Gasteiger partial charge in [-0.15, -0.1) is 0 Å². The molecule has 0 heterocycles. The number of amides is 1. The normalized spacial score (nSPS) is 12.0. The number of carbonyl (C=O) groups is 1. The molecule has 0 aliphatic rings. The number of hydrogen-bond acceptors (Lipinski definition) is 2. The average molecular weight is 330 g/mol. The van der Waals surface area contributed by atoms with Gasteiger partial charge in [-0.2, -0.15) is 0 Å². The minimum Gasteiger partial charge on any atom is -0.394 e. The van der Waals surface area contributed by atoms with Crippen molar-refractivity contribution < 1.29 is 23.1 Å². The topological polar surface area (TPSA) is 49.3 Å². The Morgan fingerprint density at radius 2 is 1.68 bits per heavy atom. The van der Waals surface area contributed by atoms with Gasteiger partial charge in [0.25, 0.3) is 5.91 Å². The van der Waals surface area contributed by atoms with E-state index in [2.05, 4.69) is 5.32 Å². The molecule has 22 heavy (non-hydrogen) atoms. The van der Waals surface area contributed by atoms with Gasteiger partial charge in [0.05, 0.1) is 18.2 Å². The zero-order valence-electron chi connectivity index (χ0n) is 11.1. The Labute approximate surface area is 129 Å². The first-order valence-corrected chi connectivity index (χ1v) is 6.62. The Hall–Kier alpha value is -2.05. The summed E-state index contributed by atoms with van der Waals surface area (Å²) >= 11 is 5.74. The van der Waals surface area contributed by atoms with Crippen molar-refractivity contribution >= 4 is 17.5 Å². The van der Waals surface area contributed by atoms with Crippen LogP contribution in [0.1, 0.15) is 22.0 Å². The summed E-state index contributed by atoms with van der Waals surface area (Å²) in [5, 5.41) is 12.2. The molecule has 0 bridgehead atoms. The lowest BCUT2D eigenvalue weighted by Crippen LogP contribution is -2.31. The zero-order chi connectivity index (χ0) is 16.3. The highest BCUT2D eigenvalue weighted by Gasteiger charge is 2.20. The summed E-state index contributed by atoms with van der Waals surface area (Å²) in [6.07, 6.45) is 0. The molecular weight excluding hydrogens is 319 g/mol. The van der Waals surface area contributed by atoms with Crippen LogP contribution < -0.4 is 5.32 Å². The third-order valence-electron chi connectivity index (χ3n) is 3.01. The van der Waals surface area contributed by atoms with Crippen molar-refractivity contribution in [2.45, 2.75) is 6.04 Å². The molecule has 7 heteroatoms. The molecule has 0 saturated heterocycles. The van der Waals surface area contributed by atoms with Gasteiger partial charge in [0.1, 0.15) is 5.82 Å². The molecule has 1 unspecified atom stereocenters. The quantitative estimate of drug-likeness (QED) is 0.846. The van der Waals surface area contributed by atoms with E-state index in [0.29, 0.717) is 22.7 Å². The van der Waals surface area contributed by atoms with Gasteiger partial charge in [0.15, 0.2) is 11.6 Å². The minimum absolute atomic E-state index is 0.292. The Bertz CT molecular complexity index is 692. The predicted octanol–water partition coefficient (Wildman–Crippen LogP) is 3.22. The van der Waals surface area contributed by atoms with Crippen LogP contribution in [0.2, 0.25) is 5.02 Å². The van der Waals surface area contributed by atoms with Crippen molar-refractivity contribution in [1.29, 1.82) is 0 Å². The largest absolute Gasteiger partial charge is 0.394 e. The van der Waals surface area contributed by atoms with E-state index in [1.165, 1.54) is 0 Å². The van der Waals surface area contributed by atoms with Crippen LogP contribution in [0.15, 0.2) is 36.4 Å². The maximum absolute atomic E-state index is 13.5. The second-order valence-corrected chi connectivity index (χ2v) is 4.94. The summed E-state index contributed by atoms with van der Waals surface area (Å²) in [6, 6.07) is 6.19. The maximum Gasteiger partial charge on any atom is 0.254 e. The first kappa shape index (κ1) is 16.3. The third-order valence-corrected chi connectivity index (χ3v) is 3.27. The van der Waals surface area contributed by atoms with Crippen molar-refractivity contribution in [3.63, 3.8) is 0 Å². The second-order valence-electron chi connectivity index (χ2n) is 4.51. The Morgan fingerprint density at radius 3 is 2.27 bits per heavy atom. The summed E-state index contributed by atoms with van der Waals surface area (Å²) in [5.74, 6) is -4.88. The highest BCUT2D eigenvalue weighted by molar-refractivity contribution is 6.30. The molecular formula is C15H11ClF3NO2. The van der Waals surface area contributed by atoms with Gasteiger partial charge in [-0.25, -0.2) is 13.2 Å². The van der Waals surface area contributed by atoms with Gasteiger partial charge in [-0.3, -0.25) is 4.79 Å². The summed E-state index contributed by atoms with van der Waals surface area (Å²) in [4.78, 5) is 12.0. The number of halogens is 4. The van der Waals surface area contributed by atoms with E-state index in [9.17, 15) is 23.1 Å². The molecule has 0 fully saturated rings. The molecule has 116 valence electrons. The molecule has 0 radical (unpaired) electrons. The van der Waals surface area contributed by atoms with Crippen LogP contribution in [-0.4, -0.2) is 17.6 Å². The van der Waals surface area contributed by atoms with Crippen molar-refractivity contribution in [3.05, 3.63) is 70.0 Å². The van der Waals surface area contributed by atoms with E-state index in [4.69, 9.17) is 11.6 Å². The Morgan fingerprint density at radius 1 is 1.09 bits per heavy atom. The molecule has 1 atom stereocenters. The highest BCUT2D eigenvalue weighted by Crippen LogP contribution is 2.18. The standard InChI is InChI=1S/C15H11ClF3NO2/c16-9-3-1-8(2-4-9)14(7-21)20-15(22)10-5-12(18)13(19)6-11(10)17/h1-6,14,21H,7H2,(H,20,22). The van der Waals surface area contributed by atoms with Gasteiger partial charge >= 0.3 is 0 Å². The number of aliphatic hydroxyl groups excluding tert-OH is 1. The SMILES string of the molecule is O=C(NC(CO)c1ccc(Cl)cc1)c1cc(F)c(F)cc1F. The highest BCUT2D eigenvalue weighted by atomic mass is 35.5.